The largest absolute Gasteiger partial charge is 0.370 e. The number of amides is 1. The van der Waals surface area contributed by atoms with Crippen LogP contribution in [-0.2, 0) is 24.2 Å². The summed E-state index contributed by atoms with van der Waals surface area (Å²) in [6, 6.07) is 5.80. The highest BCUT2D eigenvalue weighted by Crippen LogP contribution is 2.26. The number of fused-ring (bicyclic) bond motifs is 1. The molecule has 1 saturated heterocycles. The predicted molar refractivity (Wildman–Crippen MR) is 91.1 cm³/mol. The second kappa shape index (κ2) is 7.35. The van der Waals surface area contributed by atoms with Gasteiger partial charge in [0.05, 0.1) is 18.4 Å². The lowest BCUT2D eigenvalue weighted by Crippen LogP contribution is -2.43. The van der Waals surface area contributed by atoms with Gasteiger partial charge in [0.2, 0.25) is 0 Å². The molecule has 0 N–H and O–H groups in total. The molecular weight excluding hydrogens is 318 g/mol. The van der Waals surface area contributed by atoms with Crippen molar-refractivity contribution in [1.29, 1.82) is 0 Å². The molecule has 6 nitrogen and oxygen atoms in total. The van der Waals surface area contributed by atoms with E-state index in [1.807, 2.05) is 23.1 Å². The summed E-state index contributed by atoms with van der Waals surface area (Å²) in [5.41, 5.74) is 2.45. The molecule has 6 heteroatoms. The predicted octanol–water partition coefficient (Wildman–Crippen LogP) is 2.77. The molecular formula is C19H23N3O3. The minimum atomic E-state index is -0.0157. The van der Waals surface area contributed by atoms with Crippen molar-refractivity contribution < 1.29 is 14.1 Å². The van der Waals surface area contributed by atoms with E-state index in [1.54, 1.807) is 6.20 Å². The number of rotatable bonds is 4. The number of carbonyl (C=O) groups is 1. The number of hydrogen-bond donors (Lipinski definition) is 0. The summed E-state index contributed by atoms with van der Waals surface area (Å²) in [7, 11) is 0. The molecule has 2 aromatic heterocycles. The molecule has 3 heterocycles. The Labute approximate surface area is 147 Å². The molecule has 2 aromatic rings. The molecule has 1 aliphatic carbocycles. The van der Waals surface area contributed by atoms with E-state index in [1.165, 1.54) is 0 Å². The van der Waals surface area contributed by atoms with Crippen molar-refractivity contribution in [2.24, 2.45) is 0 Å². The van der Waals surface area contributed by atoms with E-state index in [0.717, 1.165) is 62.1 Å². The van der Waals surface area contributed by atoms with Crippen molar-refractivity contribution >= 4 is 5.91 Å². The van der Waals surface area contributed by atoms with Gasteiger partial charge in [-0.15, -0.1) is 0 Å². The number of piperidine rings is 1. The van der Waals surface area contributed by atoms with Crippen LogP contribution in [-0.4, -0.2) is 40.1 Å². The van der Waals surface area contributed by atoms with E-state index in [-0.39, 0.29) is 12.0 Å². The normalized spacial score (nSPS) is 20.3. The highest BCUT2D eigenvalue weighted by Gasteiger charge is 2.30. The number of hydrogen-bond acceptors (Lipinski definition) is 5. The zero-order valence-corrected chi connectivity index (χ0v) is 14.3. The standard InChI is InChI=1S/C19H23N3O3/c23-19(18-16-8-1-2-9-17(16)25-21-18)22-11-5-7-15(12-22)24-13-14-6-3-4-10-20-14/h3-4,6,10,15H,1-2,5,7-9,11-13H2/t15-/m1/s1. The van der Waals surface area contributed by atoms with Crippen LogP contribution < -0.4 is 0 Å². The molecule has 0 aromatic carbocycles. The van der Waals surface area contributed by atoms with Gasteiger partial charge in [0.1, 0.15) is 5.76 Å². The zero-order valence-electron chi connectivity index (χ0n) is 14.3. The van der Waals surface area contributed by atoms with Crippen LogP contribution in [0.4, 0.5) is 0 Å². The Morgan fingerprint density at radius 2 is 2.20 bits per heavy atom. The summed E-state index contributed by atoms with van der Waals surface area (Å²) >= 11 is 0. The van der Waals surface area contributed by atoms with Crippen molar-refractivity contribution in [3.63, 3.8) is 0 Å². The van der Waals surface area contributed by atoms with Crippen LogP contribution in [0.15, 0.2) is 28.9 Å². The maximum absolute atomic E-state index is 12.9. The third kappa shape index (κ3) is 3.58. The van der Waals surface area contributed by atoms with Crippen molar-refractivity contribution in [2.45, 2.75) is 51.2 Å². The first kappa shape index (κ1) is 16.3. The van der Waals surface area contributed by atoms with E-state index in [0.29, 0.717) is 18.8 Å². The first-order chi connectivity index (χ1) is 12.3. The minimum Gasteiger partial charge on any atom is -0.370 e. The minimum absolute atomic E-state index is 0.0157. The highest BCUT2D eigenvalue weighted by molar-refractivity contribution is 5.94. The zero-order chi connectivity index (χ0) is 17.1. The molecule has 0 radical (unpaired) electrons. The number of aryl methyl sites for hydroxylation is 1. The topological polar surface area (TPSA) is 68.5 Å². The van der Waals surface area contributed by atoms with Crippen molar-refractivity contribution in [3.05, 3.63) is 47.1 Å². The van der Waals surface area contributed by atoms with E-state index >= 15 is 0 Å². The third-order valence-electron chi connectivity index (χ3n) is 5.01. The fraction of sp³-hybridized carbons (Fsp3) is 0.526. The van der Waals surface area contributed by atoms with E-state index < -0.39 is 0 Å². The maximum Gasteiger partial charge on any atom is 0.276 e. The number of carbonyl (C=O) groups excluding carboxylic acids is 1. The monoisotopic (exact) mass is 341 g/mol. The van der Waals surface area contributed by atoms with Gasteiger partial charge in [0.15, 0.2) is 5.69 Å². The molecule has 1 fully saturated rings. The maximum atomic E-state index is 12.9. The Bertz CT molecular complexity index is 729. The van der Waals surface area contributed by atoms with Gasteiger partial charge in [-0.3, -0.25) is 9.78 Å². The molecule has 1 amide bonds. The lowest BCUT2D eigenvalue weighted by Gasteiger charge is -2.32. The second-order valence-corrected chi connectivity index (χ2v) is 6.79. The number of likely N-dealkylation sites (tertiary alicyclic amines) is 1. The molecule has 1 atom stereocenters. The lowest BCUT2D eigenvalue weighted by molar-refractivity contribution is -0.00813. The summed E-state index contributed by atoms with van der Waals surface area (Å²) in [5.74, 6) is 0.882. The van der Waals surface area contributed by atoms with Crippen LogP contribution in [0.2, 0.25) is 0 Å². The summed E-state index contributed by atoms with van der Waals surface area (Å²) in [5, 5.41) is 4.07. The van der Waals surface area contributed by atoms with Crippen LogP contribution in [0.25, 0.3) is 0 Å². The first-order valence-electron chi connectivity index (χ1n) is 9.09. The summed E-state index contributed by atoms with van der Waals surface area (Å²) in [4.78, 5) is 19.0. The quantitative estimate of drug-likeness (QED) is 0.855. The van der Waals surface area contributed by atoms with Gasteiger partial charge in [-0.1, -0.05) is 11.2 Å². The van der Waals surface area contributed by atoms with Crippen LogP contribution >= 0.6 is 0 Å². The molecule has 4 rings (SSSR count). The van der Waals surface area contributed by atoms with Crippen molar-refractivity contribution in [3.8, 4) is 0 Å². The van der Waals surface area contributed by atoms with E-state index in [9.17, 15) is 4.79 Å². The Hall–Kier alpha value is -2.21. The molecule has 0 bridgehead atoms. The van der Waals surface area contributed by atoms with Gasteiger partial charge < -0.3 is 14.2 Å². The summed E-state index contributed by atoms with van der Waals surface area (Å²) in [6.07, 6.45) is 7.73. The highest BCUT2D eigenvalue weighted by atomic mass is 16.5. The molecule has 2 aliphatic rings. The average molecular weight is 341 g/mol. The van der Waals surface area contributed by atoms with Gasteiger partial charge in [-0.05, 0) is 44.2 Å². The summed E-state index contributed by atoms with van der Waals surface area (Å²) in [6.45, 7) is 1.84. The number of pyridine rings is 1. The molecule has 132 valence electrons. The Kier molecular flexibility index (Phi) is 4.78. The first-order valence-corrected chi connectivity index (χ1v) is 9.09. The van der Waals surface area contributed by atoms with Crippen molar-refractivity contribution in [1.82, 2.24) is 15.0 Å². The Morgan fingerprint density at radius 3 is 3.08 bits per heavy atom. The van der Waals surface area contributed by atoms with Gasteiger partial charge in [0, 0.05) is 31.3 Å². The third-order valence-corrected chi connectivity index (χ3v) is 5.01. The summed E-state index contributed by atoms with van der Waals surface area (Å²) < 4.78 is 11.4. The fourth-order valence-electron chi connectivity index (χ4n) is 3.65. The Morgan fingerprint density at radius 1 is 1.28 bits per heavy atom. The van der Waals surface area contributed by atoms with Gasteiger partial charge in [0.25, 0.3) is 5.91 Å². The van der Waals surface area contributed by atoms with E-state index in [2.05, 4.69) is 10.1 Å². The van der Waals surface area contributed by atoms with Crippen LogP contribution in [0, 0.1) is 0 Å². The smallest absolute Gasteiger partial charge is 0.276 e. The Balaban J connectivity index is 1.39. The molecule has 0 spiro atoms. The molecule has 0 unspecified atom stereocenters. The van der Waals surface area contributed by atoms with Gasteiger partial charge in [-0.25, -0.2) is 0 Å². The van der Waals surface area contributed by atoms with Crippen molar-refractivity contribution in [2.75, 3.05) is 13.1 Å². The van der Waals surface area contributed by atoms with E-state index in [4.69, 9.17) is 9.26 Å². The lowest BCUT2D eigenvalue weighted by atomic mass is 9.96. The van der Waals surface area contributed by atoms with Gasteiger partial charge >= 0.3 is 0 Å². The van der Waals surface area contributed by atoms with Gasteiger partial charge in [-0.2, -0.15) is 0 Å². The second-order valence-electron chi connectivity index (χ2n) is 6.79. The fourth-order valence-corrected chi connectivity index (χ4v) is 3.65. The molecule has 0 saturated carbocycles. The number of ether oxygens (including phenoxy) is 1. The molecule has 25 heavy (non-hydrogen) atoms. The average Bonchev–Trinajstić information content (AvgIpc) is 3.11. The van der Waals surface area contributed by atoms with Crippen LogP contribution in [0.1, 0.15) is 53.2 Å². The van der Waals surface area contributed by atoms with Crippen LogP contribution in [0.3, 0.4) is 0 Å². The number of nitrogens with zero attached hydrogens (tertiary/aromatic N) is 3. The van der Waals surface area contributed by atoms with Crippen LogP contribution in [0.5, 0.6) is 0 Å². The SMILES string of the molecule is O=C(c1noc2c1CCCC2)N1CCC[C@@H](OCc2ccccn2)C1. The molecule has 1 aliphatic heterocycles. The number of aromatic nitrogens is 2.